The smallest absolute Gasteiger partial charge is 0.328 e. The van der Waals surface area contributed by atoms with Gasteiger partial charge >= 0.3 is 5.97 Å². The van der Waals surface area contributed by atoms with Crippen LogP contribution in [0.3, 0.4) is 0 Å². The lowest BCUT2D eigenvalue weighted by Gasteiger charge is -2.14. The predicted molar refractivity (Wildman–Crippen MR) is 70.8 cm³/mol. The van der Waals surface area contributed by atoms with Crippen molar-refractivity contribution < 1.29 is 14.6 Å². The molecule has 0 spiro atoms. The number of carboxylic acids is 1. The number of hydrogen-bond donors (Lipinski definition) is 2. The zero-order valence-electron chi connectivity index (χ0n) is 10.9. The summed E-state index contributed by atoms with van der Waals surface area (Å²) in [5.74, 6) is -0.0840. The summed E-state index contributed by atoms with van der Waals surface area (Å²) in [5, 5.41) is 11.9. The van der Waals surface area contributed by atoms with E-state index in [4.69, 9.17) is 9.84 Å². The minimum Gasteiger partial charge on any atom is -0.497 e. The topological polar surface area (TPSA) is 58.6 Å². The lowest BCUT2D eigenvalue weighted by molar-refractivity contribution is -0.131. The van der Waals surface area contributed by atoms with E-state index in [-0.39, 0.29) is 6.04 Å². The Morgan fingerprint density at radius 1 is 1.44 bits per heavy atom. The SMILES string of the molecule is COc1ccc(C(C)NC/C(C)=C/C(=O)O)cc1. The minimum absolute atomic E-state index is 0.160. The fourth-order valence-electron chi connectivity index (χ4n) is 1.59. The van der Waals surface area contributed by atoms with Crippen LogP contribution in [0.25, 0.3) is 0 Å². The average Bonchev–Trinajstić information content (AvgIpc) is 2.35. The molecule has 1 aromatic carbocycles. The van der Waals surface area contributed by atoms with E-state index in [1.807, 2.05) is 31.2 Å². The highest BCUT2D eigenvalue weighted by atomic mass is 16.5. The van der Waals surface area contributed by atoms with Crippen LogP contribution in [0, 0.1) is 0 Å². The Morgan fingerprint density at radius 3 is 2.56 bits per heavy atom. The Bertz CT molecular complexity index is 423. The Kier molecular flexibility index (Phi) is 5.39. The second-order valence-electron chi connectivity index (χ2n) is 4.20. The van der Waals surface area contributed by atoms with Gasteiger partial charge in [0.1, 0.15) is 5.75 Å². The Balaban J connectivity index is 2.54. The van der Waals surface area contributed by atoms with Crippen molar-refractivity contribution in [3.63, 3.8) is 0 Å². The van der Waals surface area contributed by atoms with E-state index in [0.29, 0.717) is 6.54 Å². The third kappa shape index (κ3) is 4.59. The van der Waals surface area contributed by atoms with Gasteiger partial charge in [-0.2, -0.15) is 0 Å². The number of carboxylic acid groups (broad SMARTS) is 1. The molecule has 4 nitrogen and oxygen atoms in total. The van der Waals surface area contributed by atoms with Gasteiger partial charge in [-0.15, -0.1) is 0 Å². The highest BCUT2D eigenvalue weighted by Crippen LogP contribution is 2.17. The van der Waals surface area contributed by atoms with Crippen molar-refractivity contribution >= 4 is 5.97 Å². The molecule has 0 amide bonds. The molecule has 0 saturated carbocycles. The summed E-state index contributed by atoms with van der Waals surface area (Å²) in [5.41, 5.74) is 1.93. The Hall–Kier alpha value is -1.81. The van der Waals surface area contributed by atoms with Crippen LogP contribution in [-0.2, 0) is 4.79 Å². The average molecular weight is 249 g/mol. The van der Waals surface area contributed by atoms with Crippen molar-refractivity contribution in [1.29, 1.82) is 0 Å². The highest BCUT2D eigenvalue weighted by molar-refractivity contribution is 5.80. The summed E-state index contributed by atoms with van der Waals surface area (Å²) in [6.07, 6.45) is 1.22. The summed E-state index contributed by atoms with van der Waals surface area (Å²) in [4.78, 5) is 10.5. The lowest BCUT2D eigenvalue weighted by Crippen LogP contribution is -2.20. The lowest BCUT2D eigenvalue weighted by atomic mass is 10.1. The standard InChI is InChI=1S/C14H19NO3/c1-10(8-14(16)17)9-15-11(2)12-4-6-13(18-3)7-5-12/h4-8,11,15H,9H2,1-3H3,(H,16,17)/b10-8+. The van der Waals surface area contributed by atoms with Gasteiger partial charge in [-0.3, -0.25) is 0 Å². The summed E-state index contributed by atoms with van der Waals surface area (Å²) in [7, 11) is 1.64. The van der Waals surface area contributed by atoms with Crippen molar-refractivity contribution in [1.82, 2.24) is 5.32 Å². The normalized spacial score (nSPS) is 13.2. The maximum absolute atomic E-state index is 10.5. The third-order valence-corrected chi connectivity index (χ3v) is 2.67. The minimum atomic E-state index is -0.911. The van der Waals surface area contributed by atoms with Crippen LogP contribution >= 0.6 is 0 Å². The number of rotatable bonds is 6. The zero-order chi connectivity index (χ0) is 13.5. The maximum Gasteiger partial charge on any atom is 0.328 e. The van der Waals surface area contributed by atoms with Gasteiger partial charge in [0, 0.05) is 18.7 Å². The predicted octanol–water partition coefficient (Wildman–Crippen LogP) is 2.38. The van der Waals surface area contributed by atoms with Crippen LogP contribution in [0.1, 0.15) is 25.5 Å². The fourth-order valence-corrected chi connectivity index (χ4v) is 1.59. The first kappa shape index (κ1) is 14.3. The van der Waals surface area contributed by atoms with Crippen LogP contribution in [0.5, 0.6) is 5.75 Å². The van der Waals surface area contributed by atoms with E-state index in [0.717, 1.165) is 16.9 Å². The van der Waals surface area contributed by atoms with Crippen molar-refractivity contribution in [2.75, 3.05) is 13.7 Å². The number of nitrogens with one attached hydrogen (secondary N) is 1. The summed E-state index contributed by atoms with van der Waals surface area (Å²) in [6, 6.07) is 7.97. The maximum atomic E-state index is 10.5. The number of aliphatic carboxylic acids is 1. The molecule has 0 saturated heterocycles. The molecule has 98 valence electrons. The number of ether oxygens (including phenoxy) is 1. The van der Waals surface area contributed by atoms with Gasteiger partial charge in [-0.25, -0.2) is 4.79 Å². The summed E-state index contributed by atoms with van der Waals surface area (Å²) in [6.45, 7) is 4.39. The van der Waals surface area contributed by atoms with E-state index in [2.05, 4.69) is 5.32 Å². The first-order valence-electron chi connectivity index (χ1n) is 5.80. The van der Waals surface area contributed by atoms with Crippen LogP contribution < -0.4 is 10.1 Å². The molecule has 1 aromatic rings. The van der Waals surface area contributed by atoms with E-state index in [9.17, 15) is 4.79 Å². The summed E-state index contributed by atoms with van der Waals surface area (Å²) < 4.78 is 5.10. The molecule has 0 aromatic heterocycles. The molecule has 0 aliphatic rings. The van der Waals surface area contributed by atoms with Crippen LogP contribution in [-0.4, -0.2) is 24.7 Å². The van der Waals surface area contributed by atoms with Crippen LogP contribution in [0.4, 0.5) is 0 Å². The Morgan fingerprint density at radius 2 is 2.06 bits per heavy atom. The molecule has 4 heteroatoms. The number of carbonyl (C=O) groups is 1. The van der Waals surface area contributed by atoms with Crippen LogP contribution in [0.2, 0.25) is 0 Å². The molecular formula is C14H19NO3. The molecule has 0 radical (unpaired) electrons. The fraction of sp³-hybridized carbons (Fsp3) is 0.357. The second-order valence-corrected chi connectivity index (χ2v) is 4.20. The van der Waals surface area contributed by atoms with Gasteiger partial charge in [0.15, 0.2) is 0 Å². The number of hydrogen-bond acceptors (Lipinski definition) is 3. The molecule has 0 aliphatic heterocycles. The third-order valence-electron chi connectivity index (χ3n) is 2.67. The zero-order valence-corrected chi connectivity index (χ0v) is 10.9. The van der Waals surface area contributed by atoms with E-state index < -0.39 is 5.97 Å². The molecule has 1 atom stereocenters. The highest BCUT2D eigenvalue weighted by Gasteiger charge is 2.05. The molecule has 1 rings (SSSR count). The molecule has 2 N–H and O–H groups in total. The molecular weight excluding hydrogens is 230 g/mol. The van der Waals surface area contributed by atoms with Gasteiger partial charge in [-0.05, 0) is 31.5 Å². The molecule has 0 heterocycles. The van der Waals surface area contributed by atoms with Crippen molar-refractivity contribution in [3.05, 3.63) is 41.5 Å². The van der Waals surface area contributed by atoms with Crippen LogP contribution in [0.15, 0.2) is 35.9 Å². The molecule has 0 aliphatic carbocycles. The van der Waals surface area contributed by atoms with Gasteiger partial charge in [-0.1, -0.05) is 17.7 Å². The molecule has 18 heavy (non-hydrogen) atoms. The monoisotopic (exact) mass is 249 g/mol. The van der Waals surface area contributed by atoms with Gasteiger partial charge in [0.2, 0.25) is 0 Å². The van der Waals surface area contributed by atoms with Crippen molar-refractivity contribution in [2.24, 2.45) is 0 Å². The van der Waals surface area contributed by atoms with E-state index in [1.165, 1.54) is 6.08 Å². The summed E-state index contributed by atoms with van der Waals surface area (Å²) >= 11 is 0. The van der Waals surface area contributed by atoms with Gasteiger partial charge in [0.05, 0.1) is 7.11 Å². The number of benzene rings is 1. The van der Waals surface area contributed by atoms with E-state index >= 15 is 0 Å². The van der Waals surface area contributed by atoms with Gasteiger partial charge < -0.3 is 15.2 Å². The molecule has 0 fully saturated rings. The number of methoxy groups -OCH3 is 1. The largest absolute Gasteiger partial charge is 0.497 e. The quantitative estimate of drug-likeness (QED) is 0.760. The van der Waals surface area contributed by atoms with Crippen molar-refractivity contribution in [3.8, 4) is 5.75 Å². The first-order chi connectivity index (χ1) is 8.52. The Labute approximate surface area is 107 Å². The van der Waals surface area contributed by atoms with Gasteiger partial charge in [0.25, 0.3) is 0 Å². The molecule has 1 unspecified atom stereocenters. The molecule has 0 bridgehead atoms. The van der Waals surface area contributed by atoms with E-state index in [1.54, 1.807) is 14.0 Å². The van der Waals surface area contributed by atoms with Crippen molar-refractivity contribution in [2.45, 2.75) is 19.9 Å². The second kappa shape index (κ2) is 6.81. The first-order valence-corrected chi connectivity index (χ1v) is 5.80.